The molecule has 0 bridgehead atoms. The molecule has 1 atom stereocenters. The molecule has 2 amide bonds. The summed E-state index contributed by atoms with van der Waals surface area (Å²) in [5.41, 5.74) is 1.00. The van der Waals surface area contributed by atoms with Gasteiger partial charge < -0.3 is 15.3 Å². The highest BCUT2D eigenvalue weighted by molar-refractivity contribution is 5.75. The number of aromatic nitrogens is 1. The fourth-order valence-electron chi connectivity index (χ4n) is 3.33. The summed E-state index contributed by atoms with van der Waals surface area (Å²) in [7, 11) is 0. The Hall–Kier alpha value is -2.15. The Morgan fingerprint density at radius 3 is 2.60 bits per heavy atom. The Labute approximate surface area is 149 Å². The molecule has 1 unspecified atom stereocenters. The number of carbonyl (C=O) groups excluding carboxylic acids is 1. The van der Waals surface area contributed by atoms with Gasteiger partial charge >= 0.3 is 12.0 Å². The number of nitrogens with one attached hydrogen (secondary N) is 1. The summed E-state index contributed by atoms with van der Waals surface area (Å²) in [6.45, 7) is 7.29. The van der Waals surface area contributed by atoms with Crippen molar-refractivity contribution < 1.29 is 14.7 Å². The van der Waals surface area contributed by atoms with E-state index in [1.54, 1.807) is 17.3 Å². The second-order valence-corrected chi connectivity index (χ2v) is 6.48. The Kier molecular flexibility index (Phi) is 6.75. The number of nitrogens with zero attached hydrogens (tertiary/aromatic N) is 3. The van der Waals surface area contributed by atoms with Crippen LogP contribution in [0, 0.1) is 0 Å². The molecule has 138 valence electrons. The Morgan fingerprint density at radius 1 is 1.36 bits per heavy atom. The van der Waals surface area contributed by atoms with Gasteiger partial charge in [0.2, 0.25) is 0 Å². The zero-order chi connectivity index (χ0) is 18.4. The van der Waals surface area contributed by atoms with Crippen LogP contribution in [0.15, 0.2) is 24.5 Å². The molecule has 1 heterocycles. The van der Waals surface area contributed by atoms with E-state index >= 15 is 0 Å². The molecule has 1 aliphatic rings. The molecule has 7 nitrogen and oxygen atoms in total. The lowest BCUT2D eigenvalue weighted by atomic mass is 9.85. The lowest BCUT2D eigenvalue weighted by Crippen LogP contribution is -2.57. The number of carboxylic acids is 1. The third-order valence-corrected chi connectivity index (χ3v) is 4.94. The van der Waals surface area contributed by atoms with Gasteiger partial charge in [0.15, 0.2) is 0 Å². The minimum absolute atomic E-state index is 0.0475. The summed E-state index contributed by atoms with van der Waals surface area (Å²) in [5.74, 6) is -0.809. The molecule has 1 aliphatic carbocycles. The van der Waals surface area contributed by atoms with Gasteiger partial charge in [0.25, 0.3) is 0 Å². The highest BCUT2D eigenvalue weighted by Gasteiger charge is 2.35. The molecule has 1 aromatic heterocycles. The average Bonchev–Trinajstić information content (AvgIpc) is 2.57. The van der Waals surface area contributed by atoms with E-state index in [-0.39, 0.29) is 30.7 Å². The van der Waals surface area contributed by atoms with E-state index in [4.69, 9.17) is 5.11 Å². The molecule has 7 heteroatoms. The van der Waals surface area contributed by atoms with Crippen LogP contribution in [0.3, 0.4) is 0 Å². The van der Waals surface area contributed by atoms with E-state index in [1.807, 2.05) is 37.8 Å². The van der Waals surface area contributed by atoms with Gasteiger partial charge in [0.1, 0.15) is 0 Å². The van der Waals surface area contributed by atoms with Crippen molar-refractivity contribution in [2.45, 2.75) is 51.7 Å². The minimum atomic E-state index is -0.809. The van der Waals surface area contributed by atoms with Crippen LogP contribution in [-0.2, 0) is 4.79 Å². The van der Waals surface area contributed by atoms with Crippen LogP contribution < -0.4 is 5.32 Å². The summed E-state index contributed by atoms with van der Waals surface area (Å²) in [6.07, 6.45) is 5.10. The number of aliphatic carboxylic acids is 1. The van der Waals surface area contributed by atoms with Gasteiger partial charge in [-0.05, 0) is 44.9 Å². The smallest absolute Gasteiger partial charge is 0.318 e. The van der Waals surface area contributed by atoms with Crippen LogP contribution in [0.1, 0.15) is 45.2 Å². The summed E-state index contributed by atoms with van der Waals surface area (Å²) in [6, 6.07) is 4.05. The number of carboxylic acid groups (broad SMARTS) is 1. The first-order valence-corrected chi connectivity index (χ1v) is 8.89. The second-order valence-electron chi connectivity index (χ2n) is 6.48. The van der Waals surface area contributed by atoms with Crippen molar-refractivity contribution in [3.05, 3.63) is 30.1 Å². The molecule has 2 N–H and O–H groups in total. The summed E-state index contributed by atoms with van der Waals surface area (Å²) < 4.78 is 0. The number of hydrogen-bond acceptors (Lipinski definition) is 4. The molecule has 0 radical (unpaired) electrons. The number of amides is 2. The number of rotatable bonds is 8. The molecule has 0 saturated heterocycles. The van der Waals surface area contributed by atoms with E-state index in [1.165, 1.54) is 0 Å². The predicted molar refractivity (Wildman–Crippen MR) is 95.3 cm³/mol. The summed E-state index contributed by atoms with van der Waals surface area (Å²) in [5, 5.41) is 12.0. The first-order valence-electron chi connectivity index (χ1n) is 8.89. The van der Waals surface area contributed by atoms with Crippen LogP contribution in [-0.4, -0.2) is 63.6 Å². The van der Waals surface area contributed by atoms with Gasteiger partial charge in [-0.25, -0.2) is 4.79 Å². The maximum atomic E-state index is 12.6. The van der Waals surface area contributed by atoms with Crippen molar-refractivity contribution >= 4 is 12.0 Å². The van der Waals surface area contributed by atoms with E-state index in [0.29, 0.717) is 13.1 Å². The molecule has 25 heavy (non-hydrogen) atoms. The molecular formula is C18H28N4O3. The topological polar surface area (TPSA) is 85.8 Å². The zero-order valence-corrected chi connectivity index (χ0v) is 15.2. The molecular weight excluding hydrogens is 320 g/mol. The lowest BCUT2D eigenvalue weighted by molar-refractivity contribution is -0.139. The van der Waals surface area contributed by atoms with E-state index in [2.05, 4.69) is 10.3 Å². The fraction of sp³-hybridized carbons (Fsp3) is 0.611. The van der Waals surface area contributed by atoms with Crippen molar-refractivity contribution in [3.8, 4) is 0 Å². The number of urea groups is 1. The molecule has 0 spiro atoms. The molecule has 1 aromatic rings. The maximum Gasteiger partial charge on any atom is 0.318 e. The molecule has 0 aliphatic heterocycles. The van der Waals surface area contributed by atoms with Crippen molar-refractivity contribution in [2.75, 3.05) is 19.6 Å². The molecule has 1 saturated carbocycles. The normalized spacial score (nSPS) is 20.6. The number of pyridine rings is 1. The number of likely N-dealkylation sites (N-methyl/N-ethyl adjacent to an activating group) is 1. The van der Waals surface area contributed by atoms with Crippen molar-refractivity contribution in [3.63, 3.8) is 0 Å². The predicted octanol–water partition coefficient (Wildman–Crippen LogP) is 2.11. The van der Waals surface area contributed by atoms with Gasteiger partial charge in [-0.2, -0.15) is 0 Å². The molecule has 0 aromatic carbocycles. The monoisotopic (exact) mass is 348 g/mol. The highest BCUT2D eigenvalue weighted by Crippen LogP contribution is 2.26. The van der Waals surface area contributed by atoms with Gasteiger partial charge in [-0.15, -0.1) is 0 Å². The van der Waals surface area contributed by atoms with Crippen LogP contribution >= 0.6 is 0 Å². The van der Waals surface area contributed by atoms with Gasteiger partial charge in [0.05, 0.1) is 12.6 Å². The van der Waals surface area contributed by atoms with E-state index in [9.17, 15) is 9.59 Å². The van der Waals surface area contributed by atoms with Crippen molar-refractivity contribution in [2.24, 2.45) is 0 Å². The molecule has 1 fully saturated rings. The van der Waals surface area contributed by atoms with Gasteiger partial charge in [-0.1, -0.05) is 13.0 Å². The number of hydrogen-bond donors (Lipinski definition) is 2. The average molecular weight is 348 g/mol. The van der Waals surface area contributed by atoms with Gasteiger partial charge in [-0.3, -0.25) is 14.7 Å². The minimum Gasteiger partial charge on any atom is -0.480 e. The lowest BCUT2D eigenvalue weighted by Gasteiger charge is -2.43. The van der Waals surface area contributed by atoms with E-state index < -0.39 is 5.97 Å². The second kappa shape index (κ2) is 8.80. The summed E-state index contributed by atoms with van der Waals surface area (Å²) in [4.78, 5) is 31.3. The van der Waals surface area contributed by atoms with Crippen LogP contribution in [0.5, 0.6) is 0 Å². The first kappa shape index (κ1) is 19.2. The van der Waals surface area contributed by atoms with Crippen LogP contribution in [0.4, 0.5) is 4.79 Å². The van der Waals surface area contributed by atoms with Crippen LogP contribution in [0.2, 0.25) is 0 Å². The quantitative estimate of drug-likeness (QED) is 0.751. The Bertz CT molecular complexity index is 575. The SMILES string of the molecule is CCN(CC(=O)O)C1CC(NC(=O)N(CC)C(C)c2cccnc2)C1. The molecule has 2 rings (SSSR count). The van der Waals surface area contributed by atoms with Crippen LogP contribution in [0.25, 0.3) is 0 Å². The van der Waals surface area contributed by atoms with Crippen molar-refractivity contribution in [1.29, 1.82) is 0 Å². The number of carbonyl (C=O) groups is 2. The Balaban J connectivity index is 1.86. The summed E-state index contributed by atoms with van der Waals surface area (Å²) >= 11 is 0. The first-order chi connectivity index (χ1) is 12.0. The van der Waals surface area contributed by atoms with Crippen molar-refractivity contribution in [1.82, 2.24) is 20.1 Å². The van der Waals surface area contributed by atoms with Gasteiger partial charge in [0, 0.05) is 31.0 Å². The standard InChI is InChI=1S/C18H28N4O3/c1-4-21(12-17(23)24)16-9-15(10-16)20-18(25)22(5-2)13(3)14-7-6-8-19-11-14/h6-8,11,13,15-16H,4-5,9-10,12H2,1-3H3,(H,20,25)(H,23,24). The largest absolute Gasteiger partial charge is 0.480 e. The van der Waals surface area contributed by atoms with E-state index in [0.717, 1.165) is 18.4 Å². The highest BCUT2D eigenvalue weighted by atomic mass is 16.4. The fourth-order valence-corrected chi connectivity index (χ4v) is 3.33. The maximum absolute atomic E-state index is 12.6. The third-order valence-electron chi connectivity index (χ3n) is 4.94. The Morgan fingerprint density at radius 2 is 2.08 bits per heavy atom. The zero-order valence-electron chi connectivity index (χ0n) is 15.2. The third kappa shape index (κ3) is 4.92.